The van der Waals surface area contributed by atoms with Crippen LogP contribution in [0.25, 0.3) is 43.1 Å². The minimum Gasteiger partial charge on any atom is -0.481 e. The van der Waals surface area contributed by atoms with Crippen molar-refractivity contribution in [1.29, 1.82) is 0 Å². The molecule has 0 saturated heterocycles. The number of fused-ring (bicyclic) bond motifs is 2. The molecule has 0 fully saturated rings. The van der Waals surface area contributed by atoms with Crippen molar-refractivity contribution in [3.8, 4) is 0 Å². The third-order valence-corrected chi connectivity index (χ3v) is 17.3. The zero-order valence-electron chi connectivity index (χ0n) is 54.6. The molecule has 0 bridgehead atoms. The Balaban J connectivity index is 0.884. The summed E-state index contributed by atoms with van der Waals surface area (Å²) in [5.74, 6) is -18.7. The van der Waals surface area contributed by atoms with Gasteiger partial charge in [-0.15, -0.1) is 0 Å². The average Bonchev–Trinajstić information content (AvgIpc) is 0.692. The van der Waals surface area contributed by atoms with Gasteiger partial charge in [0.2, 0.25) is 47.3 Å². The van der Waals surface area contributed by atoms with Crippen molar-refractivity contribution >= 4 is 138 Å². The van der Waals surface area contributed by atoms with Gasteiger partial charge in [-0.1, -0.05) is 113 Å². The second-order valence-corrected chi connectivity index (χ2v) is 25.1. The Bertz CT molecular complexity index is 4150. The van der Waals surface area contributed by atoms with Gasteiger partial charge in [0.15, 0.2) is 0 Å². The maximum Gasteiger partial charge on any atom is 0.326 e. The van der Waals surface area contributed by atoms with Crippen LogP contribution < -0.4 is 42.5 Å². The molecule has 0 spiro atoms. The van der Waals surface area contributed by atoms with Gasteiger partial charge in [-0.25, -0.2) is 9.59 Å². The maximum atomic E-state index is 14.4. The van der Waals surface area contributed by atoms with E-state index in [1.54, 1.807) is 84.9 Å². The molecule has 0 saturated carbocycles. The quantitative estimate of drug-likeness (QED) is 0.0173. The average molecular weight is 1370 g/mol. The number of hydrogen-bond donors (Lipinski definition) is 12. The Labute approximate surface area is 568 Å². The second kappa shape index (κ2) is 30.0. The molecule has 0 unspecified atom stereocenters. The van der Waals surface area contributed by atoms with Crippen LogP contribution in [-0.2, 0) is 70.4 Å². The molecular weight excluding hydrogens is 1300 g/mol. The molecule has 8 atom stereocenters. The number of hydrogen-bond acceptors (Lipinski definition) is 16. The van der Waals surface area contributed by atoms with Crippen molar-refractivity contribution in [3.63, 3.8) is 0 Å². The van der Waals surface area contributed by atoms with E-state index >= 15 is 0 Å². The molecule has 2 aliphatic heterocycles. The second-order valence-electron chi connectivity index (χ2n) is 25.1. The summed E-state index contributed by atoms with van der Waals surface area (Å²) >= 11 is 0. The first-order valence-electron chi connectivity index (χ1n) is 31.7. The normalized spacial score (nSPS) is 15.1. The number of carboxylic acids is 4. The largest absolute Gasteiger partial charge is 0.481 e. The number of nitrogens with one attached hydrogen (secondary N) is 8. The van der Waals surface area contributed by atoms with Crippen LogP contribution in [-0.4, -0.2) is 186 Å². The molecule has 7 aromatic rings. The highest BCUT2D eigenvalue weighted by Gasteiger charge is 2.41. The van der Waals surface area contributed by atoms with Crippen LogP contribution in [0.1, 0.15) is 107 Å². The summed E-state index contributed by atoms with van der Waals surface area (Å²) < 4.78 is 0. The summed E-state index contributed by atoms with van der Waals surface area (Å²) in [6.45, 7) is 6.78. The molecule has 100 heavy (non-hydrogen) atoms. The van der Waals surface area contributed by atoms with Crippen molar-refractivity contribution in [3.05, 3.63) is 143 Å². The molecule has 30 nitrogen and oxygen atoms in total. The van der Waals surface area contributed by atoms with Gasteiger partial charge in [0.05, 0.1) is 12.8 Å². The highest BCUT2D eigenvalue weighted by Crippen LogP contribution is 2.46. The van der Waals surface area contributed by atoms with Crippen LogP contribution >= 0.6 is 0 Å². The molecular formula is C70H70N10O20. The minimum absolute atomic E-state index is 0.0295. The highest BCUT2D eigenvalue weighted by atomic mass is 16.4. The zero-order chi connectivity index (χ0) is 72.9. The van der Waals surface area contributed by atoms with Crippen LogP contribution in [0.5, 0.6) is 0 Å². The van der Waals surface area contributed by atoms with E-state index in [1.807, 2.05) is 0 Å². The van der Waals surface area contributed by atoms with Gasteiger partial charge >= 0.3 is 23.9 Å². The zero-order valence-corrected chi connectivity index (χ0v) is 54.6. The number of amides is 12. The fourth-order valence-electron chi connectivity index (χ4n) is 12.2. The predicted octanol–water partition coefficient (Wildman–Crippen LogP) is 1.76. The summed E-state index contributed by atoms with van der Waals surface area (Å²) in [5.41, 5.74) is 1.15. The lowest BCUT2D eigenvalue weighted by Gasteiger charge is -2.30. The van der Waals surface area contributed by atoms with E-state index in [0.29, 0.717) is 53.2 Å². The molecule has 0 aromatic heterocycles. The fourth-order valence-corrected chi connectivity index (χ4v) is 12.2. The van der Waals surface area contributed by atoms with Crippen molar-refractivity contribution in [2.75, 3.05) is 13.1 Å². The Morgan fingerprint density at radius 1 is 0.340 bits per heavy atom. The standard InChI is InChI=1S/C70H70N10O20/c1-31(2)57(69(97)98)77-63(91)47(27-51(83)84)75-61(89)45(25-35-13-9-7-10-14-35)73-59(87)33(5)71-49(81)29-79-65(93)41-21-17-37-39-19-23-43-56-44(24-20-40(54(39)56)38-18-22-42(66(79)94)55(41)53(37)38)68(96)80(67(43)95)30-50(82)72-34(6)60(88)74-46(26-36-15-11-8-12-16-36)62(90)76-48(28-52(85)86)64(92)78-58(32(3)4)70(99)100/h7-24,31-34,45-48,57-58H,25-30H2,1-6H3,(H,71,81)(H,72,82)(H,73,87)(H,74,88)(H,75,89)(H,76,90)(H,77,91)(H,78,92)(H,83,84)(H,85,86)(H,97,98)(H,99,100)/t33-,34-,45-,46-,47-,48-,57-,58-/m0/s1. The van der Waals surface area contributed by atoms with E-state index in [0.717, 1.165) is 0 Å². The van der Waals surface area contributed by atoms with Gasteiger partial charge in [-0.3, -0.25) is 76.9 Å². The molecule has 2 aliphatic rings. The van der Waals surface area contributed by atoms with Gasteiger partial charge in [0, 0.05) is 45.9 Å². The summed E-state index contributed by atoms with van der Waals surface area (Å²) in [6, 6.07) is 16.5. The van der Waals surface area contributed by atoms with Crippen LogP contribution in [0, 0.1) is 11.8 Å². The molecule has 12 amide bonds. The van der Waals surface area contributed by atoms with Crippen molar-refractivity contribution < 1.29 is 97.1 Å². The SMILES string of the molecule is CC(C)[C@H](NC(=O)[C@H](CC(=O)O)NC(=O)[C@H](Cc1ccccc1)NC(=O)[C@H](C)NC(=O)CN1C(=O)c2ccc3c4ccc5c6c(ccc(c7ccc(c2c37)C1=O)c64)C(=O)N(CC(=O)N[C@@H](C)C(=O)N[C@@H](Cc1ccccc1)C(=O)N[C@@H](CC(=O)O)C(=O)N[C@H](C(=O)O)C(C)C)C5=O)C(=O)O. The minimum atomic E-state index is -1.79. The Kier molecular flexibility index (Phi) is 21.6. The van der Waals surface area contributed by atoms with Gasteiger partial charge in [-0.05, 0) is 93.4 Å². The monoisotopic (exact) mass is 1370 g/mol. The van der Waals surface area contributed by atoms with E-state index in [9.17, 15) is 97.1 Å². The smallest absolute Gasteiger partial charge is 0.326 e. The molecule has 7 aromatic carbocycles. The molecule has 0 radical (unpaired) electrons. The van der Waals surface area contributed by atoms with Crippen molar-refractivity contribution in [1.82, 2.24) is 52.3 Å². The van der Waals surface area contributed by atoms with E-state index in [-0.39, 0.29) is 45.9 Å². The van der Waals surface area contributed by atoms with Gasteiger partial charge < -0.3 is 63.0 Å². The number of carbonyl (C=O) groups is 16. The number of benzene rings is 7. The molecule has 520 valence electrons. The number of imide groups is 2. The molecule has 0 aliphatic carbocycles. The number of rotatable bonds is 30. The van der Waals surface area contributed by atoms with Crippen LogP contribution in [0.4, 0.5) is 0 Å². The third kappa shape index (κ3) is 15.4. The van der Waals surface area contributed by atoms with E-state index in [1.165, 1.54) is 65.8 Å². The van der Waals surface area contributed by atoms with Crippen molar-refractivity contribution in [2.24, 2.45) is 11.8 Å². The lowest BCUT2D eigenvalue weighted by atomic mass is 9.82. The first-order chi connectivity index (χ1) is 47.3. The number of carboxylic acid groups (broad SMARTS) is 4. The highest BCUT2D eigenvalue weighted by molar-refractivity contribution is 6.41. The first kappa shape index (κ1) is 72.0. The van der Waals surface area contributed by atoms with Crippen molar-refractivity contribution in [2.45, 2.75) is 116 Å². The van der Waals surface area contributed by atoms with E-state index < -0.39 is 181 Å². The Morgan fingerprint density at radius 2 is 0.620 bits per heavy atom. The van der Waals surface area contributed by atoms with E-state index in [2.05, 4.69) is 42.5 Å². The lowest BCUT2D eigenvalue weighted by molar-refractivity contribution is -0.145. The molecule has 9 rings (SSSR count). The third-order valence-electron chi connectivity index (χ3n) is 17.3. The topological polar surface area (TPSA) is 457 Å². The Hall–Kier alpha value is -12.2. The van der Waals surface area contributed by atoms with Crippen LogP contribution in [0.3, 0.4) is 0 Å². The van der Waals surface area contributed by atoms with Gasteiger partial charge in [-0.2, -0.15) is 0 Å². The molecule has 2 heterocycles. The number of aliphatic carboxylic acids is 4. The summed E-state index contributed by atoms with van der Waals surface area (Å²) in [4.78, 5) is 216. The summed E-state index contributed by atoms with van der Waals surface area (Å²) in [7, 11) is 0. The lowest BCUT2D eigenvalue weighted by Crippen LogP contribution is -2.59. The van der Waals surface area contributed by atoms with E-state index in [4.69, 9.17) is 0 Å². The number of nitrogens with zero attached hydrogens (tertiary/aromatic N) is 2. The summed E-state index contributed by atoms with van der Waals surface area (Å²) in [6.07, 6.45) is -2.32. The number of carbonyl (C=O) groups excluding carboxylic acids is 12. The maximum absolute atomic E-state index is 14.4. The fraction of sp³-hybridized carbons (Fsp3) is 0.314. The van der Waals surface area contributed by atoms with Crippen LogP contribution in [0.15, 0.2) is 109 Å². The predicted molar refractivity (Wildman–Crippen MR) is 355 cm³/mol. The van der Waals surface area contributed by atoms with Crippen LogP contribution in [0.2, 0.25) is 0 Å². The van der Waals surface area contributed by atoms with Gasteiger partial charge in [0.1, 0.15) is 61.4 Å². The first-order valence-corrected chi connectivity index (χ1v) is 31.7. The van der Waals surface area contributed by atoms with Gasteiger partial charge in [0.25, 0.3) is 23.6 Å². The molecule has 30 heteroatoms. The molecule has 12 N–H and O–H groups in total. The summed E-state index contributed by atoms with van der Waals surface area (Å²) in [5, 5.41) is 60.9. The Morgan fingerprint density at radius 3 is 0.890 bits per heavy atom.